The Hall–Kier alpha value is -6.19. The number of aromatic nitrogens is 3. The zero-order valence-electron chi connectivity index (χ0n) is 25.1. The normalized spacial score (nSPS) is 11.0. The number of rotatable bonds is 6. The number of nitrogens with zero attached hydrogens (tertiary/aromatic N) is 3. The summed E-state index contributed by atoms with van der Waals surface area (Å²) < 4.78 is 0. The van der Waals surface area contributed by atoms with Crippen molar-refractivity contribution in [3.8, 4) is 67.5 Å². The van der Waals surface area contributed by atoms with Gasteiger partial charge >= 0.3 is 0 Å². The molecule has 46 heavy (non-hydrogen) atoms. The van der Waals surface area contributed by atoms with Gasteiger partial charge in [0.15, 0.2) is 17.5 Å². The fourth-order valence-corrected chi connectivity index (χ4v) is 5.97. The van der Waals surface area contributed by atoms with Gasteiger partial charge in [0.2, 0.25) is 0 Å². The maximum absolute atomic E-state index is 5.05. The van der Waals surface area contributed by atoms with Gasteiger partial charge in [-0.05, 0) is 62.4 Å². The summed E-state index contributed by atoms with van der Waals surface area (Å²) in [7, 11) is 0. The Balaban J connectivity index is 1.27. The molecule has 0 saturated carbocycles. The predicted octanol–water partition coefficient (Wildman–Crippen LogP) is 11.0. The average Bonchev–Trinajstić information content (AvgIpc) is 3.15. The van der Waals surface area contributed by atoms with Crippen molar-refractivity contribution in [3.05, 3.63) is 176 Å². The highest BCUT2D eigenvalue weighted by atomic mass is 15.0. The summed E-state index contributed by atoms with van der Waals surface area (Å²) in [5.41, 5.74) is 9.83. The Bertz CT molecular complexity index is 2300. The summed E-state index contributed by atoms with van der Waals surface area (Å²) >= 11 is 0. The van der Waals surface area contributed by atoms with E-state index in [0.29, 0.717) is 17.5 Å². The summed E-state index contributed by atoms with van der Waals surface area (Å²) in [4.78, 5) is 15.0. The molecular weight excluding hydrogens is 558 g/mol. The van der Waals surface area contributed by atoms with Crippen LogP contribution in [0.25, 0.3) is 78.3 Å². The Kier molecular flexibility index (Phi) is 7.18. The van der Waals surface area contributed by atoms with E-state index in [1.165, 1.54) is 27.6 Å². The largest absolute Gasteiger partial charge is 0.208 e. The molecule has 0 radical (unpaired) electrons. The summed E-state index contributed by atoms with van der Waals surface area (Å²) in [5.74, 6) is 1.94. The minimum absolute atomic E-state index is 0.640. The van der Waals surface area contributed by atoms with Gasteiger partial charge in [0.1, 0.15) is 0 Å². The molecule has 0 atom stereocenters. The maximum atomic E-state index is 5.05. The van der Waals surface area contributed by atoms with Crippen LogP contribution >= 0.6 is 0 Å². The Labute approximate surface area is 268 Å². The zero-order chi connectivity index (χ0) is 30.7. The van der Waals surface area contributed by atoms with Crippen molar-refractivity contribution < 1.29 is 0 Å². The lowest BCUT2D eigenvalue weighted by molar-refractivity contribution is 1.07. The van der Waals surface area contributed by atoms with Crippen LogP contribution in [-0.2, 0) is 0 Å². The van der Waals surface area contributed by atoms with E-state index in [2.05, 4.69) is 146 Å². The van der Waals surface area contributed by atoms with Gasteiger partial charge in [-0.15, -0.1) is 0 Å². The van der Waals surface area contributed by atoms with Gasteiger partial charge in [-0.2, -0.15) is 0 Å². The van der Waals surface area contributed by atoms with Crippen LogP contribution in [0.1, 0.15) is 0 Å². The maximum Gasteiger partial charge on any atom is 0.164 e. The van der Waals surface area contributed by atoms with E-state index in [1.807, 2.05) is 30.3 Å². The highest BCUT2D eigenvalue weighted by molar-refractivity contribution is 5.89. The number of fused-ring (bicyclic) bond motifs is 1. The smallest absolute Gasteiger partial charge is 0.164 e. The standard InChI is InChI=1S/C43H29N3/c1-4-13-30(14-5-1)35-25-26-39(40(29-35)32-16-6-2-7-17-32)36-21-12-22-37(28-36)42-44-41(33-18-8-3-9-19-33)45-43(46-42)38-24-23-31-15-10-11-20-34(31)27-38/h1-29H. The first kappa shape index (κ1) is 27.4. The Morgan fingerprint density at radius 3 is 1.43 bits per heavy atom. The molecule has 3 heteroatoms. The van der Waals surface area contributed by atoms with Crippen molar-refractivity contribution in [2.45, 2.75) is 0 Å². The molecule has 1 aromatic heterocycles. The molecule has 0 aliphatic carbocycles. The highest BCUT2D eigenvalue weighted by Crippen LogP contribution is 2.37. The van der Waals surface area contributed by atoms with Crippen LogP contribution in [0.2, 0.25) is 0 Å². The Morgan fingerprint density at radius 2 is 0.739 bits per heavy atom. The minimum atomic E-state index is 0.640. The molecule has 0 aliphatic rings. The van der Waals surface area contributed by atoms with Crippen molar-refractivity contribution in [1.82, 2.24) is 15.0 Å². The topological polar surface area (TPSA) is 38.7 Å². The summed E-state index contributed by atoms with van der Waals surface area (Å²) in [6, 6.07) is 61.2. The van der Waals surface area contributed by atoms with Crippen LogP contribution in [0.15, 0.2) is 176 Å². The van der Waals surface area contributed by atoms with Gasteiger partial charge < -0.3 is 0 Å². The molecule has 0 amide bonds. The van der Waals surface area contributed by atoms with Crippen LogP contribution in [0.3, 0.4) is 0 Å². The van der Waals surface area contributed by atoms with Crippen LogP contribution in [0.4, 0.5) is 0 Å². The molecule has 0 fully saturated rings. The van der Waals surface area contributed by atoms with Crippen LogP contribution < -0.4 is 0 Å². The lowest BCUT2D eigenvalue weighted by Crippen LogP contribution is -2.00. The van der Waals surface area contributed by atoms with Crippen molar-refractivity contribution in [3.63, 3.8) is 0 Å². The van der Waals surface area contributed by atoms with Crippen LogP contribution in [0.5, 0.6) is 0 Å². The van der Waals surface area contributed by atoms with E-state index in [0.717, 1.165) is 33.2 Å². The molecule has 0 aliphatic heterocycles. The lowest BCUT2D eigenvalue weighted by atomic mass is 9.90. The third-order valence-electron chi connectivity index (χ3n) is 8.32. The summed E-state index contributed by atoms with van der Waals surface area (Å²) in [5, 5.41) is 2.33. The molecule has 0 unspecified atom stereocenters. The summed E-state index contributed by atoms with van der Waals surface area (Å²) in [6.45, 7) is 0. The van der Waals surface area contributed by atoms with Crippen molar-refractivity contribution in [1.29, 1.82) is 0 Å². The molecule has 0 bridgehead atoms. The first-order chi connectivity index (χ1) is 22.8. The summed E-state index contributed by atoms with van der Waals surface area (Å²) in [6.07, 6.45) is 0. The number of hydrogen-bond acceptors (Lipinski definition) is 3. The second-order valence-electron chi connectivity index (χ2n) is 11.3. The van der Waals surface area contributed by atoms with Gasteiger partial charge in [-0.25, -0.2) is 15.0 Å². The van der Waals surface area contributed by atoms with Crippen molar-refractivity contribution in [2.75, 3.05) is 0 Å². The van der Waals surface area contributed by atoms with E-state index in [4.69, 9.17) is 15.0 Å². The fourth-order valence-electron chi connectivity index (χ4n) is 5.97. The van der Waals surface area contributed by atoms with Gasteiger partial charge in [0.25, 0.3) is 0 Å². The third-order valence-corrected chi connectivity index (χ3v) is 8.32. The van der Waals surface area contributed by atoms with E-state index >= 15 is 0 Å². The number of hydrogen-bond donors (Lipinski definition) is 0. The second-order valence-corrected chi connectivity index (χ2v) is 11.3. The van der Waals surface area contributed by atoms with E-state index in [1.54, 1.807) is 0 Å². The molecule has 216 valence electrons. The van der Waals surface area contributed by atoms with E-state index in [-0.39, 0.29) is 0 Å². The monoisotopic (exact) mass is 587 g/mol. The second kappa shape index (κ2) is 12.1. The van der Waals surface area contributed by atoms with Crippen molar-refractivity contribution >= 4 is 10.8 Å². The molecular formula is C43H29N3. The predicted molar refractivity (Wildman–Crippen MR) is 190 cm³/mol. The Morgan fingerprint density at radius 1 is 0.239 bits per heavy atom. The first-order valence-electron chi connectivity index (χ1n) is 15.4. The molecule has 8 rings (SSSR count). The SMILES string of the molecule is c1ccc(-c2ccc(-c3cccc(-c4nc(-c5ccccc5)nc(-c5ccc6ccccc6c5)n4)c3)c(-c3ccccc3)c2)cc1. The van der Waals surface area contributed by atoms with Crippen LogP contribution in [0, 0.1) is 0 Å². The van der Waals surface area contributed by atoms with Gasteiger partial charge in [-0.1, -0.05) is 158 Å². The molecule has 8 aromatic rings. The van der Waals surface area contributed by atoms with Gasteiger partial charge in [-0.3, -0.25) is 0 Å². The molecule has 0 spiro atoms. The van der Waals surface area contributed by atoms with Gasteiger partial charge in [0.05, 0.1) is 0 Å². The quantitative estimate of drug-likeness (QED) is 0.194. The minimum Gasteiger partial charge on any atom is -0.208 e. The first-order valence-corrected chi connectivity index (χ1v) is 15.4. The van der Waals surface area contributed by atoms with Crippen molar-refractivity contribution in [2.24, 2.45) is 0 Å². The average molecular weight is 588 g/mol. The van der Waals surface area contributed by atoms with E-state index in [9.17, 15) is 0 Å². The highest BCUT2D eigenvalue weighted by Gasteiger charge is 2.15. The fraction of sp³-hybridized carbons (Fsp3) is 0. The van der Waals surface area contributed by atoms with Gasteiger partial charge in [0, 0.05) is 16.7 Å². The lowest BCUT2D eigenvalue weighted by Gasteiger charge is -2.14. The molecule has 7 aromatic carbocycles. The number of benzene rings is 7. The molecule has 1 heterocycles. The van der Waals surface area contributed by atoms with Crippen LogP contribution in [-0.4, -0.2) is 15.0 Å². The molecule has 0 N–H and O–H groups in total. The molecule has 3 nitrogen and oxygen atoms in total. The van der Waals surface area contributed by atoms with E-state index < -0.39 is 0 Å². The molecule has 0 saturated heterocycles. The zero-order valence-corrected chi connectivity index (χ0v) is 25.1. The third kappa shape index (κ3) is 5.47.